The summed E-state index contributed by atoms with van der Waals surface area (Å²) in [4.78, 5) is 22.1. The number of amides is 1. The number of carboxylic acids is 1. The largest absolute Gasteiger partial charge is 0.497 e. The predicted octanol–water partition coefficient (Wildman–Crippen LogP) is 1.01. The average Bonchev–Trinajstić information content (AvgIpc) is 2.52. The Morgan fingerprint density at radius 3 is 2.52 bits per heavy atom. The lowest BCUT2D eigenvalue weighted by Gasteiger charge is -2.29. The monoisotopic (exact) mass is 336 g/mol. The van der Waals surface area contributed by atoms with Crippen molar-refractivity contribution in [3.8, 4) is 11.5 Å². The van der Waals surface area contributed by atoms with E-state index < -0.39 is 12.1 Å². The van der Waals surface area contributed by atoms with Crippen LogP contribution in [0.25, 0.3) is 0 Å². The molecule has 1 aromatic carbocycles. The Bertz CT molecular complexity index is 577. The number of fused-ring (bicyclic) bond motifs is 1. The molecular formula is C13H15F3N2O5. The number of carbonyl (C=O) groups is 2. The number of methoxy groups -OCH3 is 1. The fourth-order valence-corrected chi connectivity index (χ4v) is 1.70. The maximum atomic E-state index is 11.6. The Morgan fingerprint density at radius 1 is 1.43 bits per heavy atom. The molecule has 1 aliphatic heterocycles. The molecule has 1 aromatic rings. The first-order valence-electron chi connectivity index (χ1n) is 6.32. The number of hydrogen-bond acceptors (Lipinski definition) is 5. The van der Waals surface area contributed by atoms with Gasteiger partial charge < -0.3 is 25.2 Å². The van der Waals surface area contributed by atoms with Crippen LogP contribution in [0.2, 0.25) is 0 Å². The van der Waals surface area contributed by atoms with Crippen molar-refractivity contribution >= 4 is 17.6 Å². The zero-order valence-corrected chi connectivity index (χ0v) is 12.1. The maximum absolute atomic E-state index is 11.6. The molecule has 10 heteroatoms. The summed E-state index contributed by atoms with van der Waals surface area (Å²) in [6.07, 6.45) is -5.08. The van der Waals surface area contributed by atoms with Gasteiger partial charge in [0.05, 0.1) is 25.9 Å². The van der Waals surface area contributed by atoms with Crippen molar-refractivity contribution in [2.75, 3.05) is 31.7 Å². The Hall–Kier alpha value is -2.49. The van der Waals surface area contributed by atoms with E-state index in [0.717, 1.165) is 5.69 Å². The van der Waals surface area contributed by atoms with Gasteiger partial charge in [-0.05, 0) is 12.1 Å². The van der Waals surface area contributed by atoms with Gasteiger partial charge >= 0.3 is 12.1 Å². The molecule has 0 aromatic heterocycles. The number of hydrogen-bond donors (Lipinski definition) is 2. The molecule has 0 unspecified atom stereocenters. The third kappa shape index (κ3) is 5.02. The number of benzene rings is 1. The van der Waals surface area contributed by atoms with E-state index in [4.69, 9.17) is 25.1 Å². The topological polar surface area (TPSA) is 102 Å². The summed E-state index contributed by atoms with van der Waals surface area (Å²) in [5, 5.41) is 7.12. The Labute approximate surface area is 129 Å². The van der Waals surface area contributed by atoms with Crippen LogP contribution in [0.5, 0.6) is 11.5 Å². The molecule has 0 aliphatic carbocycles. The highest BCUT2D eigenvalue weighted by molar-refractivity contribution is 5.96. The third-order valence-electron chi connectivity index (χ3n) is 2.75. The molecule has 0 fully saturated rings. The molecule has 0 atom stereocenters. The standard InChI is InChI=1S/C11H14N2O3.C2HF3O2/c1-15-8-2-3-9-10(6-8)16-5-4-13(9)11(14)7-12;3-2(4,5)1(6)7/h2-3,6H,4-5,7,12H2,1H3;(H,6,7). The number of carboxylic acid groups (broad SMARTS) is 1. The van der Waals surface area contributed by atoms with Crippen LogP contribution in [-0.4, -0.2) is 50.0 Å². The van der Waals surface area contributed by atoms with Crippen LogP contribution in [0.3, 0.4) is 0 Å². The molecule has 128 valence electrons. The molecule has 1 aliphatic rings. The third-order valence-corrected chi connectivity index (χ3v) is 2.75. The zero-order chi connectivity index (χ0) is 17.6. The van der Waals surface area contributed by atoms with Gasteiger partial charge in [-0.2, -0.15) is 13.2 Å². The summed E-state index contributed by atoms with van der Waals surface area (Å²) in [5.74, 6) is -1.49. The number of alkyl halides is 3. The number of nitrogens with zero attached hydrogens (tertiary/aromatic N) is 1. The van der Waals surface area contributed by atoms with Crippen molar-refractivity contribution in [1.29, 1.82) is 0 Å². The predicted molar refractivity (Wildman–Crippen MR) is 73.6 cm³/mol. The van der Waals surface area contributed by atoms with Crippen LogP contribution in [0.4, 0.5) is 18.9 Å². The molecule has 7 nitrogen and oxygen atoms in total. The second-order valence-corrected chi connectivity index (χ2v) is 4.23. The second-order valence-electron chi connectivity index (χ2n) is 4.23. The summed E-state index contributed by atoms with van der Waals surface area (Å²) < 4.78 is 42.3. The van der Waals surface area contributed by atoms with E-state index in [-0.39, 0.29) is 12.5 Å². The maximum Gasteiger partial charge on any atom is 0.490 e. The summed E-state index contributed by atoms with van der Waals surface area (Å²) in [5.41, 5.74) is 6.11. The molecule has 0 bridgehead atoms. The molecule has 0 saturated carbocycles. The molecule has 3 N–H and O–H groups in total. The van der Waals surface area contributed by atoms with Gasteiger partial charge in [-0.25, -0.2) is 4.79 Å². The number of nitrogens with two attached hydrogens (primary N) is 1. The normalized spacial score (nSPS) is 13.2. The Kier molecular flexibility index (Phi) is 6.19. The lowest BCUT2D eigenvalue weighted by atomic mass is 10.2. The quantitative estimate of drug-likeness (QED) is 0.836. The zero-order valence-electron chi connectivity index (χ0n) is 12.1. The summed E-state index contributed by atoms with van der Waals surface area (Å²) in [6, 6.07) is 5.37. The number of ether oxygens (including phenoxy) is 2. The van der Waals surface area contributed by atoms with Gasteiger partial charge in [0.2, 0.25) is 5.91 Å². The molecule has 23 heavy (non-hydrogen) atoms. The highest BCUT2D eigenvalue weighted by Gasteiger charge is 2.38. The number of anilines is 1. The van der Waals surface area contributed by atoms with Crippen molar-refractivity contribution in [3.05, 3.63) is 18.2 Å². The molecule has 0 saturated heterocycles. The van der Waals surface area contributed by atoms with Gasteiger partial charge in [-0.3, -0.25) is 4.79 Å². The molecule has 2 rings (SSSR count). The van der Waals surface area contributed by atoms with Gasteiger partial charge in [0, 0.05) is 6.07 Å². The van der Waals surface area contributed by atoms with E-state index in [0.29, 0.717) is 24.7 Å². The molecule has 1 heterocycles. The lowest BCUT2D eigenvalue weighted by molar-refractivity contribution is -0.192. The Morgan fingerprint density at radius 2 is 2.04 bits per heavy atom. The van der Waals surface area contributed by atoms with E-state index in [1.807, 2.05) is 0 Å². The van der Waals surface area contributed by atoms with Crippen LogP contribution in [0, 0.1) is 0 Å². The number of halogens is 3. The van der Waals surface area contributed by atoms with Crippen molar-refractivity contribution in [1.82, 2.24) is 0 Å². The minimum atomic E-state index is -5.08. The molecule has 0 radical (unpaired) electrons. The number of carbonyl (C=O) groups excluding carboxylic acids is 1. The van der Waals surface area contributed by atoms with Crippen molar-refractivity contribution in [2.45, 2.75) is 6.18 Å². The molecular weight excluding hydrogens is 321 g/mol. The molecule has 1 amide bonds. The van der Waals surface area contributed by atoms with E-state index >= 15 is 0 Å². The number of aliphatic carboxylic acids is 1. The van der Waals surface area contributed by atoms with E-state index in [1.165, 1.54) is 0 Å². The number of rotatable bonds is 2. The average molecular weight is 336 g/mol. The van der Waals surface area contributed by atoms with Crippen molar-refractivity contribution in [3.63, 3.8) is 0 Å². The van der Waals surface area contributed by atoms with Crippen molar-refractivity contribution in [2.24, 2.45) is 5.73 Å². The van der Waals surface area contributed by atoms with E-state index in [9.17, 15) is 18.0 Å². The summed E-state index contributed by atoms with van der Waals surface area (Å²) in [7, 11) is 1.59. The SMILES string of the molecule is COc1ccc2c(c1)OCCN2C(=O)CN.O=C(O)C(F)(F)F. The first kappa shape index (κ1) is 18.6. The van der Waals surface area contributed by atoms with Gasteiger partial charge in [0.25, 0.3) is 0 Å². The van der Waals surface area contributed by atoms with Gasteiger partial charge in [0.1, 0.15) is 18.1 Å². The van der Waals surface area contributed by atoms with Crippen LogP contribution in [0.15, 0.2) is 18.2 Å². The highest BCUT2D eigenvalue weighted by atomic mass is 19.4. The highest BCUT2D eigenvalue weighted by Crippen LogP contribution is 2.34. The van der Waals surface area contributed by atoms with Gasteiger partial charge in [-0.1, -0.05) is 0 Å². The Balaban J connectivity index is 0.000000322. The van der Waals surface area contributed by atoms with Gasteiger partial charge in [0.15, 0.2) is 0 Å². The van der Waals surface area contributed by atoms with Crippen LogP contribution >= 0.6 is 0 Å². The van der Waals surface area contributed by atoms with Gasteiger partial charge in [-0.15, -0.1) is 0 Å². The minimum absolute atomic E-state index is 0.00543. The second kappa shape index (κ2) is 7.68. The van der Waals surface area contributed by atoms with Crippen LogP contribution in [0.1, 0.15) is 0 Å². The first-order chi connectivity index (χ1) is 10.7. The van der Waals surface area contributed by atoms with E-state index in [1.54, 1.807) is 30.2 Å². The summed E-state index contributed by atoms with van der Waals surface area (Å²) >= 11 is 0. The minimum Gasteiger partial charge on any atom is -0.497 e. The fourth-order valence-electron chi connectivity index (χ4n) is 1.70. The molecule has 0 spiro atoms. The van der Waals surface area contributed by atoms with Crippen LogP contribution in [-0.2, 0) is 9.59 Å². The fraction of sp³-hybridized carbons (Fsp3) is 0.385. The van der Waals surface area contributed by atoms with E-state index in [2.05, 4.69) is 0 Å². The summed E-state index contributed by atoms with van der Waals surface area (Å²) in [6.45, 7) is 1.02. The first-order valence-corrected chi connectivity index (χ1v) is 6.32. The van der Waals surface area contributed by atoms with Crippen molar-refractivity contribution < 1.29 is 37.3 Å². The smallest absolute Gasteiger partial charge is 0.490 e. The lowest BCUT2D eigenvalue weighted by Crippen LogP contribution is -2.41. The van der Waals surface area contributed by atoms with Crippen LogP contribution < -0.4 is 20.1 Å².